The fourth-order valence-electron chi connectivity index (χ4n) is 1.73. The molecule has 0 aliphatic heterocycles. The second-order valence-electron chi connectivity index (χ2n) is 3.32. The summed E-state index contributed by atoms with van der Waals surface area (Å²) in [6, 6.07) is 0. The van der Waals surface area contributed by atoms with Crippen LogP contribution in [-0.2, 0) is 3.42 Å². The fraction of sp³-hybridized carbons (Fsp3) is 0.750. The molecule has 1 aromatic heterocycles. The molecule has 0 amide bonds. The first-order valence-corrected chi connectivity index (χ1v) is 5.36. The molecule has 4 heteroatoms. The van der Waals surface area contributed by atoms with Crippen molar-refractivity contribution in [3.63, 3.8) is 0 Å². The van der Waals surface area contributed by atoms with Crippen LogP contribution in [0.25, 0.3) is 0 Å². The molecule has 1 aromatic rings. The van der Waals surface area contributed by atoms with Gasteiger partial charge in [-0.25, -0.2) is 0 Å². The predicted molar refractivity (Wildman–Crippen MR) is 53.1 cm³/mol. The van der Waals surface area contributed by atoms with Crippen molar-refractivity contribution in [3.05, 3.63) is 12.0 Å². The van der Waals surface area contributed by atoms with Crippen molar-refractivity contribution in [1.29, 1.82) is 0 Å². The molecular formula is C8H11IN2O. The van der Waals surface area contributed by atoms with E-state index in [4.69, 9.17) is 4.52 Å². The lowest BCUT2D eigenvalue weighted by atomic mass is 9.87. The van der Waals surface area contributed by atoms with Gasteiger partial charge in [-0.3, -0.25) is 0 Å². The van der Waals surface area contributed by atoms with Gasteiger partial charge in [-0.05, 0) is 12.8 Å². The number of aromatic nitrogens is 2. The summed E-state index contributed by atoms with van der Waals surface area (Å²) < 4.78 is 4.97. The Morgan fingerprint density at radius 3 is 2.67 bits per heavy atom. The van der Waals surface area contributed by atoms with Crippen LogP contribution in [0.4, 0.5) is 0 Å². The monoisotopic (exact) mass is 278 g/mol. The Morgan fingerprint density at radius 1 is 1.33 bits per heavy atom. The van der Waals surface area contributed by atoms with Crippen LogP contribution in [0.5, 0.6) is 0 Å². The van der Waals surface area contributed by atoms with Gasteiger partial charge in [-0.2, -0.15) is 0 Å². The van der Waals surface area contributed by atoms with Crippen molar-refractivity contribution in [2.24, 2.45) is 0 Å². The van der Waals surface area contributed by atoms with Gasteiger partial charge in [0.05, 0.1) is 3.42 Å². The van der Waals surface area contributed by atoms with Gasteiger partial charge in [0, 0.05) is 5.27 Å². The number of hydrogen-bond donors (Lipinski definition) is 0. The minimum Gasteiger partial charge on any atom is -0.345 e. The Bertz CT molecular complexity index is 242. The van der Waals surface area contributed by atoms with Crippen LogP contribution in [0.1, 0.15) is 37.8 Å². The van der Waals surface area contributed by atoms with Gasteiger partial charge in [-0.15, -0.1) is 5.10 Å². The molecule has 12 heavy (non-hydrogen) atoms. The van der Waals surface area contributed by atoms with Gasteiger partial charge < -0.3 is 4.52 Å². The van der Waals surface area contributed by atoms with Gasteiger partial charge in [0.25, 0.3) is 0 Å². The first kappa shape index (κ1) is 8.47. The van der Waals surface area contributed by atoms with Crippen molar-refractivity contribution in [2.75, 3.05) is 0 Å². The molecule has 1 aliphatic rings. The fourth-order valence-corrected chi connectivity index (χ4v) is 2.73. The van der Waals surface area contributed by atoms with Crippen molar-refractivity contribution < 1.29 is 4.52 Å². The van der Waals surface area contributed by atoms with Crippen LogP contribution in [-0.4, -0.2) is 10.4 Å². The highest BCUT2D eigenvalue weighted by Crippen LogP contribution is 2.43. The average molecular weight is 278 g/mol. The van der Waals surface area contributed by atoms with Gasteiger partial charge in [0.2, 0.25) is 0 Å². The number of nitrogens with zero attached hydrogens (tertiary/aromatic N) is 2. The molecule has 0 atom stereocenters. The molecule has 0 radical (unpaired) electrons. The molecule has 0 spiro atoms. The first-order chi connectivity index (χ1) is 5.81. The smallest absolute Gasteiger partial charge is 0.148 e. The third kappa shape index (κ3) is 1.48. The van der Waals surface area contributed by atoms with E-state index < -0.39 is 0 Å². The third-order valence-electron chi connectivity index (χ3n) is 2.47. The van der Waals surface area contributed by atoms with Crippen molar-refractivity contribution in [1.82, 2.24) is 10.4 Å². The quantitative estimate of drug-likeness (QED) is 0.585. The summed E-state index contributed by atoms with van der Waals surface area (Å²) in [5, 5.41) is 7.50. The van der Waals surface area contributed by atoms with E-state index in [2.05, 4.69) is 33.0 Å². The minimum absolute atomic E-state index is 0.204. The van der Waals surface area contributed by atoms with Crippen LogP contribution in [0.2, 0.25) is 0 Å². The van der Waals surface area contributed by atoms with E-state index >= 15 is 0 Å². The van der Waals surface area contributed by atoms with Crippen LogP contribution >= 0.6 is 22.6 Å². The largest absolute Gasteiger partial charge is 0.345 e. The third-order valence-corrected chi connectivity index (χ3v) is 4.10. The number of halogens is 1. The van der Waals surface area contributed by atoms with E-state index in [1.54, 1.807) is 6.26 Å². The van der Waals surface area contributed by atoms with E-state index in [-0.39, 0.29) is 3.42 Å². The molecule has 0 N–H and O–H groups in total. The average Bonchev–Trinajstić information content (AvgIpc) is 2.58. The highest BCUT2D eigenvalue weighted by atomic mass is 127. The number of rotatable bonds is 1. The van der Waals surface area contributed by atoms with Gasteiger partial charge in [0.15, 0.2) is 0 Å². The second kappa shape index (κ2) is 3.32. The van der Waals surface area contributed by atoms with E-state index in [0.717, 1.165) is 5.69 Å². The zero-order valence-corrected chi connectivity index (χ0v) is 8.95. The summed E-state index contributed by atoms with van der Waals surface area (Å²) in [6.45, 7) is 0. The van der Waals surface area contributed by atoms with Crippen molar-refractivity contribution in [3.8, 4) is 0 Å². The molecule has 0 unspecified atom stereocenters. The zero-order valence-electron chi connectivity index (χ0n) is 6.79. The molecule has 1 heterocycles. The molecule has 1 saturated carbocycles. The molecule has 3 nitrogen and oxygen atoms in total. The summed E-state index contributed by atoms with van der Waals surface area (Å²) in [7, 11) is 0. The van der Waals surface area contributed by atoms with E-state index in [0.29, 0.717) is 0 Å². The molecular weight excluding hydrogens is 267 g/mol. The normalized spacial score (nSPS) is 22.4. The summed E-state index contributed by atoms with van der Waals surface area (Å²) in [5.41, 5.74) is 1.02. The van der Waals surface area contributed by atoms with Crippen molar-refractivity contribution >= 4 is 22.6 Å². The Hall–Kier alpha value is -0.130. The standard InChI is InChI=1S/C8H11IN2O/c9-8(4-2-1-3-5-8)7-6-12-11-10-7/h6H,1-5H2. The molecule has 0 saturated heterocycles. The molecule has 0 bridgehead atoms. The van der Waals surface area contributed by atoms with Gasteiger partial charge in [0.1, 0.15) is 12.0 Å². The molecule has 66 valence electrons. The lowest BCUT2D eigenvalue weighted by Crippen LogP contribution is -2.21. The van der Waals surface area contributed by atoms with Crippen molar-refractivity contribution in [2.45, 2.75) is 35.5 Å². The van der Waals surface area contributed by atoms with E-state index in [1.165, 1.54) is 32.1 Å². The zero-order chi connectivity index (χ0) is 8.44. The topological polar surface area (TPSA) is 38.9 Å². The Morgan fingerprint density at radius 2 is 2.08 bits per heavy atom. The van der Waals surface area contributed by atoms with Crippen LogP contribution in [0.3, 0.4) is 0 Å². The summed E-state index contributed by atoms with van der Waals surface area (Å²) in [6.07, 6.45) is 8.06. The lowest BCUT2D eigenvalue weighted by molar-refractivity contribution is 0.392. The number of alkyl halides is 1. The number of hydrogen-bond acceptors (Lipinski definition) is 3. The highest BCUT2D eigenvalue weighted by Gasteiger charge is 2.33. The molecule has 2 rings (SSSR count). The minimum atomic E-state index is 0.204. The first-order valence-electron chi connectivity index (χ1n) is 4.28. The maximum absolute atomic E-state index is 4.77. The molecule has 0 aromatic carbocycles. The Balaban J connectivity index is 2.19. The van der Waals surface area contributed by atoms with E-state index in [1.807, 2.05) is 0 Å². The van der Waals surface area contributed by atoms with Crippen LogP contribution in [0.15, 0.2) is 10.8 Å². The van der Waals surface area contributed by atoms with Crippen LogP contribution in [0, 0.1) is 0 Å². The van der Waals surface area contributed by atoms with Gasteiger partial charge in [-0.1, -0.05) is 41.9 Å². The molecule has 1 fully saturated rings. The van der Waals surface area contributed by atoms with Gasteiger partial charge >= 0.3 is 0 Å². The lowest BCUT2D eigenvalue weighted by Gasteiger charge is -2.28. The van der Waals surface area contributed by atoms with Crippen LogP contribution < -0.4 is 0 Å². The van der Waals surface area contributed by atoms with E-state index in [9.17, 15) is 0 Å². The maximum atomic E-state index is 4.77. The molecule has 1 aliphatic carbocycles. The predicted octanol–water partition coefficient (Wildman–Crippen LogP) is 2.66. The summed E-state index contributed by atoms with van der Waals surface area (Å²) >= 11 is 2.49. The summed E-state index contributed by atoms with van der Waals surface area (Å²) in [4.78, 5) is 0. The highest BCUT2D eigenvalue weighted by molar-refractivity contribution is 14.1. The Labute approximate surface area is 85.0 Å². The second-order valence-corrected chi connectivity index (χ2v) is 5.38. The SMILES string of the molecule is IC1(c2conn2)CCCCC1. The summed E-state index contributed by atoms with van der Waals surface area (Å²) in [5.74, 6) is 0. The maximum Gasteiger partial charge on any atom is 0.148 e. The Kier molecular flexibility index (Phi) is 2.34.